The van der Waals surface area contributed by atoms with E-state index < -0.39 is 10.0 Å². The highest BCUT2D eigenvalue weighted by Crippen LogP contribution is 2.30. The lowest BCUT2D eigenvalue weighted by molar-refractivity contribution is 0.0857. The molecule has 3 rings (SSSR count). The molecule has 1 amide bonds. The van der Waals surface area contributed by atoms with Gasteiger partial charge in [0, 0.05) is 23.7 Å². The van der Waals surface area contributed by atoms with Crippen LogP contribution >= 0.6 is 11.6 Å². The van der Waals surface area contributed by atoms with Crippen LogP contribution in [0.15, 0.2) is 47.4 Å². The van der Waals surface area contributed by atoms with Gasteiger partial charge >= 0.3 is 0 Å². The molecule has 150 valence electrons. The van der Waals surface area contributed by atoms with E-state index >= 15 is 0 Å². The summed E-state index contributed by atoms with van der Waals surface area (Å²) in [5, 5.41) is 3.14. The molecule has 2 aromatic carbocycles. The topological polar surface area (TPSA) is 93.7 Å². The Morgan fingerprint density at radius 1 is 1.29 bits per heavy atom. The second-order valence-electron chi connectivity index (χ2n) is 6.32. The van der Waals surface area contributed by atoms with Gasteiger partial charge in [-0.1, -0.05) is 17.7 Å². The minimum atomic E-state index is -3.94. The summed E-state index contributed by atoms with van der Waals surface area (Å²) in [7, 11) is -2.51. The highest BCUT2D eigenvalue weighted by molar-refractivity contribution is 7.92. The van der Waals surface area contributed by atoms with E-state index in [0.717, 1.165) is 12.8 Å². The zero-order valence-corrected chi connectivity index (χ0v) is 16.8. The van der Waals surface area contributed by atoms with Gasteiger partial charge in [0.15, 0.2) is 0 Å². The Hall–Kier alpha value is -2.29. The van der Waals surface area contributed by atoms with E-state index in [1.807, 2.05) is 0 Å². The first kappa shape index (κ1) is 20.4. The van der Waals surface area contributed by atoms with Crippen LogP contribution in [0.5, 0.6) is 5.75 Å². The van der Waals surface area contributed by atoms with Crippen LogP contribution in [0.1, 0.15) is 23.2 Å². The normalized spacial score (nSPS) is 16.6. The fourth-order valence-corrected chi connectivity index (χ4v) is 4.16. The lowest BCUT2D eigenvalue weighted by Gasteiger charge is -2.13. The SMILES string of the molecule is COc1ccc(Cl)cc1NS(=O)(=O)c1cccc(C(=O)NC[C@@H]2CCCO2)c1. The number of anilines is 1. The predicted molar refractivity (Wildman–Crippen MR) is 107 cm³/mol. The van der Waals surface area contributed by atoms with E-state index in [2.05, 4.69) is 10.0 Å². The Bertz CT molecular complexity index is 959. The molecular weight excluding hydrogens is 404 g/mol. The van der Waals surface area contributed by atoms with Crippen molar-refractivity contribution < 1.29 is 22.7 Å². The molecule has 7 nitrogen and oxygen atoms in total. The number of hydrogen-bond donors (Lipinski definition) is 2. The van der Waals surface area contributed by atoms with Crippen LogP contribution in [0.2, 0.25) is 5.02 Å². The molecule has 1 aliphatic rings. The first-order chi connectivity index (χ1) is 13.4. The predicted octanol–water partition coefficient (Wildman–Crippen LogP) is 3.06. The monoisotopic (exact) mass is 424 g/mol. The Morgan fingerprint density at radius 2 is 2.11 bits per heavy atom. The fraction of sp³-hybridized carbons (Fsp3) is 0.316. The average Bonchev–Trinajstić information content (AvgIpc) is 3.20. The second kappa shape index (κ2) is 8.81. The van der Waals surface area contributed by atoms with Gasteiger partial charge < -0.3 is 14.8 Å². The number of sulfonamides is 1. The maximum Gasteiger partial charge on any atom is 0.262 e. The summed E-state index contributed by atoms with van der Waals surface area (Å²) in [6.45, 7) is 1.10. The molecule has 1 fully saturated rings. The standard InChI is InChI=1S/C19H21ClN2O5S/c1-26-18-8-7-14(20)11-17(18)22-28(24,25)16-6-2-4-13(10-16)19(23)21-12-15-5-3-9-27-15/h2,4,6-8,10-11,15,22H,3,5,9,12H2,1H3,(H,21,23)/t15-/m0/s1. The first-order valence-corrected chi connectivity index (χ1v) is 10.6. The minimum Gasteiger partial charge on any atom is -0.495 e. The molecule has 9 heteroatoms. The third-order valence-electron chi connectivity index (χ3n) is 4.33. The molecule has 0 radical (unpaired) electrons. The van der Waals surface area contributed by atoms with E-state index in [0.29, 0.717) is 23.9 Å². The smallest absolute Gasteiger partial charge is 0.262 e. The summed E-state index contributed by atoms with van der Waals surface area (Å²) in [5.41, 5.74) is 0.460. The van der Waals surface area contributed by atoms with Crippen molar-refractivity contribution >= 4 is 33.2 Å². The van der Waals surface area contributed by atoms with Gasteiger partial charge in [-0.15, -0.1) is 0 Å². The average molecular weight is 425 g/mol. The molecule has 1 atom stereocenters. The van der Waals surface area contributed by atoms with Crippen molar-refractivity contribution in [2.45, 2.75) is 23.8 Å². The van der Waals surface area contributed by atoms with Gasteiger partial charge in [-0.05, 0) is 49.2 Å². The van der Waals surface area contributed by atoms with E-state index in [9.17, 15) is 13.2 Å². The molecule has 1 heterocycles. The van der Waals surface area contributed by atoms with Crippen molar-refractivity contribution in [1.82, 2.24) is 5.32 Å². The maximum atomic E-state index is 12.8. The molecule has 2 N–H and O–H groups in total. The van der Waals surface area contributed by atoms with Crippen LogP contribution in [-0.2, 0) is 14.8 Å². The lowest BCUT2D eigenvalue weighted by atomic mass is 10.2. The fourth-order valence-electron chi connectivity index (χ4n) is 2.88. The third kappa shape index (κ3) is 4.95. The van der Waals surface area contributed by atoms with E-state index in [1.54, 1.807) is 18.2 Å². The van der Waals surface area contributed by atoms with Crippen LogP contribution in [-0.4, -0.2) is 40.7 Å². The van der Waals surface area contributed by atoms with Crippen molar-refractivity contribution in [3.05, 3.63) is 53.1 Å². The van der Waals surface area contributed by atoms with Gasteiger partial charge in [0.2, 0.25) is 0 Å². The third-order valence-corrected chi connectivity index (χ3v) is 5.92. The molecule has 0 saturated carbocycles. The Balaban J connectivity index is 1.76. The zero-order chi connectivity index (χ0) is 20.1. The zero-order valence-electron chi connectivity index (χ0n) is 15.3. The highest BCUT2D eigenvalue weighted by Gasteiger charge is 2.20. The molecular formula is C19H21ClN2O5S. The summed E-state index contributed by atoms with van der Waals surface area (Å²) in [4.78, 5) is 12.3. The van der Waals surface area contributed by atoms with Crippen molar-refractivity contribution in [2.75, 3.05) is 25.0 Å². The van der Waals surface area contributed by atoms with Crippen molar-refractivity contribution in [3.8, 4) is 5.75 Å². The number of halogens is 1. The summed E-state index contributed by atoms with van der Waals surface area (Å²) >= 11 is 5.95. The van der Waals surface area contributed by atoms with Gasteiger partial charge in [-0.2, -0.15) is 0 Å². The molecule has 0 bridgehead atoms. The van der Waals surface area contributed by atoms with Crippen LogP contribution in [0.25, 0.3) is 0 Å². The number of hydrogen-bond acceptors (Lipinski definition) is 5. The molecule has 0 unspecified atom stereocenters. The quantitative estimate of drug-likeness (QED) is 0.712. The molecule has 0 aromatic heterocycles. The van der Waals surface area contributed by atoms with Crippen LogP contribution in [0.3, 0.4) is 0 Å². The van der Waals surface area contributed by atoms with Crippen molar-refractivity contribution in [1.29, 1.82) is 0 Å². The first-order valence-electron chi connectivity index (χ1n) is 8.75. The van der Waals surface area contributed by atoms with Gasteiger partial charge in [-0.25, -0.2) is 8.42 Å². The summed E-state index contributed by atoms with van der Waals surface area (Å²) in [6.07, 6.45) is 1.89. The molecule has 2 aromatic rings. The molecule has 0 aliphatic carbocycles. The van der Waals surface area contributed by atoms with Crippen molar-refractivity contribution in [2.24, 2.45) is 0 Å². The lowest BCUT2D eigenvalue weighted by Crippen LogP contribution is -2.31. The maximum absolute atomic E-state index is 12.8. The van der Waals surface area contributed by atoms with Crippen molar-refractivity contribution in [3.63, 3.8) is 0 Å². The van der Waals surface area contributed by atoms with Crippen LogP contribution in [0, 0.1) is 0 Å². The number of carbonyl (C=O) groups excluding carboxylic acids is 1. The Morgan fingerprint density at radius 3 is 2.82 bits per heavy atom. The molecule has 0 spiro atoms. The largest absolute Gasteiger partial charge is 0.495 e. The number of methoxy groups -OCH3 is 1. The van der Waals surface area contributed by atoms with Gasteiger partial charge in [0.25, 0.3) is 15.9 Å². The number of amides is 1. The van der Waals surface area contributed by atoms with E-state index in [1.165, 1.54) is 31.4 Å². The number of benzene rings is 2. The molecule has 28 heavy (non-hydrogen) atoms. The Labute approximate surface area is 169 Å². The van der Waals surface area contributed by atoms with Gasteiger partial charge in [0.1, 0.15) is 5.75 Å². The van der Waals surface area contributed by atoms with Gasteiger partial charge in [-0.3, -0.25) is 9.52 Å². The molecule has 1 saturated heterocycles. The Kier molecular flexibility index (Phi) is 6.43. The van der Waals surface area contributed by atoms with Gasteiger partial charge in [0.05, 0.1) is 23.8 Å². The minimum absolute atomic E-state index is 0.00725. The number of carbonyl (C=O) groups is 1. The van der Waals surface area contributed by atoms with E-state index in [4.69, 9.17) is 21.1 Å². The van der Waals surface area contributed by atoms with Crippen LogP contribution in [0.4, 0.5) is 5.69 Å². The summed E-state index contributed by atoms with van der Waals surface area (Å²) in [6, 6.07) is 10.4. The van der Waals surface area contributed by atoms with E-state index in [-0.39, 0.29) is 28.2 Å². The number of nitrogens with one attached hydrogen (secondary N) is 2. The second-order valence-corrected chi connectivity index (χ2v) is 8.44. The number of rotatable bonds is 7. The molecule has 1 aliphatic heterocycles. The van der Waals surface area contributed by atoms with Crippen LogP contribution < -0.4 is 14.8 Å². The highest BCUT2D eigenvalue weighted by atomic mass is 35.5. The summed E-state index contributed by atoms with van der Waals surface area (Å²) < 4.78 is 38.6. The number of ether oxygens (including phenoxy) is 2. The summed E-state index contributed by atoms with van der Waals surface area (Å²) in [5.74, 6) is -0.0219.